The summed E-state index contributed by atoms with van der Waals surface area (Å²) in [6.07, 6.45) is 0. The molecule has 1 aromatic heterocycles. The summed E-state index contributed by atoms with van der Waals surface area (Å²) in [6.45, 7) is 0. The maximum absolute atomic E-state index is 13.1. The van der Waals surface area contributed by atoms with Gasteiger partial charge in [0.2, 0.25) is 5.78 Å². The number of hydrogen-bond acceptors (Lipinski definition) is 2. The van der Waals surface area contributed by atoms with Crippen molar-refractivity contribution in [2.75, 3.05) is 0 Å². The second-order valence-electron chi connectivity index (χ2n) is 2.94. The number of ketones is 1. The zero-order valence-corrected chi connectivity index (χ0v) is 9.11. The third-order valence-corrected chi connectivity index (χ3v) is 3.10. The number of carbonyl (C=O) groups is 1. The monoisotopic (exact) mass is 240 g/mol. The summed E-state index contributed by atoms with van der Waals surface area (Å²) in [5.74, 6) is -0.750. The third kappa shape index (κ3) is 2.08. The van der Waals surface area contributed by atoms with E-state index in [2.05, 4.69) is 0 Å². The molecule has 0 spiro atoms. The van der Waals surface area contributed by atoms with E-state index in [1.165, 1.54) is 23.5 Å². The highest BCUT2D eigenvalue weighted by Gasteiger charge is 2.11. The summed E-state index contributed by atoms with van der Waals surface area (Å²) >= 11 is 6.86. The van der Waals surface area contributed by atoms with Crippen molar-refractivity contribution < 1.29 is 9.18 Å². The molecule has 0 fully saturated rings. The molecule has 0 saturated carbocycles. The van der Waals surface area contributed by atoms with Crippen LogP contribution in [0.15, 0.2) is 35.7 Å². The minimum atomic E-state index is -0.570. The molecule has 2 aromatic rings. The van der Waals surface area contributed by atoms with E-state index >= 15 is 0 Å². The maximum atomic E-state index is 13.1. The van der Waals surface area contributed by atoms with E-state index in [1.807, 2.05) is 0 Å². The summed E-state index contributed by atoms with van der Waals surface area (Å²) in [6, 6.07) is 7.55. The molecular formula is C11H6ClFOS. The van der Waals surface area contributed by atoms with Gasteiger partial charge in [-0.3, -0.25) is 4.79 Å². The Hall–Kier alpha value is -1.19. The third-order valence-electron chi connectivity index (χ3n) is 1.93. The topological polar surface area (TPSA) is 17.1 Å². The lowest BCUT2D eigenvalue weighted by molar-refractivity contribution is 0.104. The first-order valence-electron chi connectivity index (χ1n) is 4.22. The van der Waals surface area contributed by atoms with Crippen LogP contribution in [0.5, 0.6) is 0 Å². The van der Waals surface area contributed by atoms with Crippen LogP contribution in [0.1, 0.15) is 15.2 Å². The quantitative estimate of drug-likeness (QED) is 0.731. The zero-order chi connectivity index (χ0) is 10.8. The van der Waals surface area contributed by atoms with Crippen LogP contribution >= 0.6 is 22.9 Å². The lowest BCUT2D eigenvalue weighted by atomic mass is 10.1. The Bertz CT molecular complexity index is 493. The van der Waals surface area contributed by atoms with Crippen LogP contribution in [0.3, 0.4) is 0 Å². The molecule has 2 rings (SSSR count). The predicted octanol–water partition coefficient (Wildman–Crippen LogP) is 3.77. The van der Waals surface area contributed by atoms with E-state index in [-0.39, 0.29) is 10.8 Å². The van der Waals surface area contributed by atoms with Gasteiger partial charge in [0.1, 0.15) is 5.82 Å². The minimum Gasteiger partial charge on any atom is -0.288 e. The van der Waals surface area contributed by atoms with E-state index in [1.54, 1.807) is 17.5 Å². The average molecular weight is 241 g/mol. The minimum absolute atomic E-state index is 0.0257. The van der Waals surface area contributed by atoms with Crippen molar-refractivity contribution in [2.45, 2.75) is 0 Å². The number of benzene rings is 1. The van der Waals surface area contributed by atoms with E-state index in [0.717, 1.165) is 6.07 Å². The molecule has 1 nitrogen and oxygen atoms in total. The fraction of sp³-hybridized carbons (Fsp3) is 0. The second kappa shape index (κ2) is 4.13. The molecular weight excluding hydrogens is 235 g/mol. The number of thiophene rings is 1. The Morgan fingerprint density at radius 1 is 1.33 bits per heavy atom. The fourth-order valence-electron chi connectivity index (χ4n) is 1.19. The normalized spacial score (nSPS) is 10.3. The van der Waals surface area contributed by atoms with Gasteiger partial charge in [-0.25, -0.2) is 4.39 Å². The van der Waals surface area contributed by atoms with Gasteiger partial charge in [0.25, 0.3) is 0 Å². The van der Waals surface area contributed by atoms with Gasteiger partial charge in [-0.05, 0) is 29.6 Å². The van der Waals surface area contributed by atoms with Crippen LogP contribution in [0.25, 0.3) is 0 Å². The Balaban J connectivity index is 2.39. The lowest BCUT2D eigenvalue weighted by Crippen LogP contribution is -1.98. The van der Waals surface area contributed by atoms with E-state index < -0.39 is 5.82 Å². The second-order valence-corrected chi connectivity index (χ2v) is 4.29. The van der Waals surface area contributed by atoms with Gasteiger partial charge in [-0.15, -0.1) is 11.3 Å². The summed E-state index contributed by atoms with van der Waals surface area (Å²) in [4.78, 5) is 12.4. The summed E-state index contributed by atoms with van der Waals surface area (Å²) in [7, 11) is 0. The van der Waals surface area contributed by atoms with E-state index in [0.29, 0.717) is 10.4 Å². The molecule has 1 aromatic carbocycles. The fourth-order valence-corrected chi connectivity index (χ4v) is 1.99. The standard InChI is InChI=1S/C11H6ClFOS/c12-8-4-3-7(6-9(8)13)11(14)10-2-1-5-15-10/h1-6H. The van der Waals surface area contributed by atoms with Gasteiger partial charge in [-0.1, -0.05) is 17.7 Å². The van der Waals surface area contributed by atoms with Crippen LogP contribution in [-0.4, -0.2) is 5.78 Å². The Labute approximate surface area is 95.1 Å². The lowest BCUT2D eigenvalue weighted by Gasteiger charge is -1.99. The molecule has 0 N–H and O–H groups in total. The molecule has 0 aliphatic rings. The molecule has 76 valence electrons. The first kappa shape index (κ1) is 10.3. The van der Waals surface area contributed by atoms with Gasteiger partial charge in [-0.2, -0.15) is 0 Å². The van der Waals surface area contributed by atoms with Gasteiger partial charge >= 0.3 is 0 Å². The predicted molar refractivity (Wildman–Crippen MR) is 59.2 cm³/mol. The summed E-state index contributed by atoms with van der Waals surface area (Å²) in [5.41, 5.74) is 0.319. The Morgan fingerprint density at radius 3 is 2.73 bits per heavy atom. The van der Waals surface area contributed by atoms with E-state index in [9.17, 15) is 9.18 Å². The van der Waals surface area contributed by atoms with Gasteiger partial charge in [0.05, 0.1) is 9.90 Å². The van der Waals surface area contributed by atoms with Crippen molar-refractivity contribution in [1.82, 2.24) is 0 Å². The van der Waals surface area contributed by atoms with Crippen LogP contribution in [0, 0.1) is 5.82 Å². The molecule has 0 saturated heterocycles. The van der Waals surface area contributed by atoms with Crippen molar-refractivity contribution >= 4 is 28.7 Å². The van der Waals surface area contributed by atoms with Crippen LogP contribution in [0.2, 0.25) is 5.02 Å². The first-order chi connectivity index (χ1) is 7.18. The molecule has 4 heteroatoms. The molecule has 1 heterocycles. The van der Waals surface area contributed by atoms with Gasteiger partial charge in [0.15, 0.2) is 0 Å². The summed E-state index contributed by atoms with van der Waals surface area (Å²) in [5, 5.41) is 1.83. The number of carbonyl (C=O) groups excluding carboxylic acids is 1. The van der Waals surface area contributed by atoms with Gasteiger partial charge < -0.3 is 0 Å². The highest BCUT2D eigenvalue weighted by molar-refractivity contribution is 7.12. The Morgan fingerprint density at radius 2 is 2.13 bits per heavy atom. The van der Waals surface area contributed by atoms with Crippen molar-refractivity contribution in [3.63, 3.8) is 0 Å². The van der Waals surface area contributed by atoms with Crippen molar-refractivity contribution in [3.8, 4) is 0 Å². The molecule has 0 aliphatic heterocycles. The van der Waals surface area contributed by atoms with Crippen molar-refractivity contribution in [1.29, 1.82) is 0 Å². The number of hydrogen-bond donors (Lipinski definition) is 0. The molecule has 0 aliphatic carbocycles. The van der Waals surface area contributed by atoms with Crippen molar-refractivity contribution in [2.24, 2.45) is 0 Å². The van der Waals surface area contributed by atoms with Crippen LogP contribution in [0.4, 0.5) is 4.39 Å². The molecule has 0 amide bonds. The van der Waals surface area contributed by atoms with Crippen LogP contribution in [-0.2, 0) is 0 Å². The molecule has 0 radical (unpaired) electrons. The largest absolute Gasteiger partial charge is 0.288 e. The maximum Gasteiger partial charge on any atom is 0.203 e. The van der Waals surface area contributed by atoms with Crippen molar-refractivity contribution in [3.05, 3.63) is 57.0 Å². The molecule has 15 heavy (non-hydrogen) atoms. The first-order valence-corrected chi connectivity index (χ1v) is 5.47. The SMILES string of the molecule is O=C(c1ccc(Cl)c(F)c1)c1cccs1. The summed E-state index contributed by atoms with van der Waals surface area (Å²) < 4.78 is 13.1. The zero-order valence-electron chi connectivity index (χ0n) is 7.54. The van der Waals surface area contributed by atoms with Gasteiger partial charge in [0, 0.05) is 5.56 Å². The molecule has 0 atom stereocenters. The molecule has 0 unspecified atom stereocenters. The Kier molecular flexibility index (Phi) is 2.84. The highest BCUT2D eigenvalue weighted by Crippen LogP contribution is 2.19. The smallest absolute Gasteiger partial charge is 0.203 e. The van der Waals surface area contributed by atoms with Crippen LogP contribution < -0.4 is 0 Å². The highest BCUT2D eigenvalue weighted by atomic mass is 35.5. The number of halogens is 2. The average Bonchev–Trinajstić information content (AvgIpc) is 2.74. The molecule has 0 bridgehead atoms. The number of rotatable bonds is 2. The van der Waals surface area contributed by atoms with E-state index in [4.69, 9.17) is 11.6 Å².